The predicted molar refractivity (Wildman–Crippen MR) is 51.2 cm³/mol. The topological polar surface area (TPSA) is 55.2 Å². The fourth-order valence-electron chi connectivity index (χ4n) is 2.02. The second kappa shape index (κ2) is 4.56. The van der Waals surface area contributed by atoms with Crippen molar-refractivity contribution in [2.24, 2.45) is 11.8 Å². The van der Waals surface area contributed by atoms with E-state index in [4.69, 9.17) is 0 Å². The Kier molecular flexibility index (Phi) is 3.66. The van der Waals surface area contributed by atoms with E-state index in [1.54, 1.807) is 0 Å². The van der Waals surface area contributed by atoms with Crippen LogP contribution in [-0.2, 0) is 0 Å². The molecule has 0 aromatic carbocycles. The van der Waals surface area contributed by atoms with Crippen LogP contribution in [0.3, 0.4) is 0 Å². The van der Waals surface area contributed by atoms with Crippen LogP contribution < -0.4 is 5.32 Å². The van der Waals surface area contributed by atoms with Crippen LogP contribution in [0.2, 0.25) is 0 Å². The molecule has 0 aromatic heterocycles. The lowest BCUT2D eigenvalue weighted by molar-refractivity contribution is -0.532. The summed E-state index contributed by atoms with van der Waals surface area (Å²) < 4.78 is 0. The molecule has 2 atom stereocenters. The molecule has 0 aromatic rings. The number of nitrogens with zero attached hydrogens (tertiary/aromatic N) is 1. The molecule has 4 heteroatoms. The van der Waals surface area contributed by atoms with E-state index in [0.717, 1.165) is 19.4 Å². The largest absolute Gasteiger partial charge is 0.310 e. The summed E-state index contributed by atoms with van der Waals surface area (Å²) in [5, 5.41) is 13.8. The first-order chi connectivity index (χ1) is 6.11. The molecule has 0 amide bonds. The van der Waals surface area contributed by atoms with Gasteiger partial charge in [0.15, 0.2) is 0 Å². The molecule has 1 heterocycles. The highest BCUT2D eigenvalue weighted by atomic mass is 16.6. The molecule has 0 aliphatic carbocycles. The molecule has 13 heavy (non-hydrogen) atoms. The first-order valence-electron chi connectivity index (χ1n) is 4.95. The lowest BCUT2D eigenvalue weighted by Gasteiger charge is -2.27. The Morgan fingerprint density at radius 3 is 2.85 bits per heavy atom. The second-order valence-corrected chi connectivity index (χ2v) is 4.24. The predicted octanol–water partition coefficient (Wildman–Crippen LogP) is 1.29. The van der Waals surface area contributed by atoms with Gasteiger partial charge in [-0.05, 0) is 25.3 Å². The van der Waals surface area contributed by atoms with E-state index in [1.165, 1.54) is 0 Å². The fraction of sp³-hybridized carbons (Fsp3) is 1.00. The summed E-state index contributed by atoms with van der Waals surface area (Å²) in [7, 11) is 0. The zero-order valence-electron chi connectivity index (χ0n) is 8.32. The number of hydrogen-bond donors (Lipinski definition) is 1. The number of nitro groups is 1. The van der Waals surface area contributed by atoms with E-state index in [0.29, 0.717) is 12.5 Å². The number of piperidine rings is 1. The van der Waals surface area contributed by atoms with Gasteiger partial charge in [0.05, 0.1) is 6.54 Å². The third kappa shape index (κ3) is 2.95. The minimum atomic E-state index is -0.365. The van der Waals surface area contributed by atoms with Gasteiger partial charge >= 0.3 is 0 Å². The monoisotopic (exact) mass is 186 g/mol. The zero-order valence-corrected chi connectivity index (χ0v) is 8.32. The van der Waals surface area contributed by atoms with Crippen molar-refractivity contribution in [3.05, 3.63) is 10.1 Å². The van der Waals surface area contributed by atoms with Crippen molar-refractivity contribution in [3.63, 3.8) is 0 Å². The summed E-state index contributed by atoms with van der Waals surface area (Å²) in [6.07, 6.45) is 1.93. The van der Waals surface area contributed by atoms with Crippen LogP contribution in [0.25, 0.3) is 0 Å². The summed E-state index contributed by atoms with van der Waals surface area (Å²) in [4.78, 5) is 10.6. The molecule has 1 saturated heterocycles. The maximum Gasteiger partial charge on any atom is 0.228 e. The Balaban J connectivity index is 2.51. The van der Waals surface area contributed by atoms with Crippen LogP contribution >= 0.6 is 0 Å². The number of rotatable bonds is 3. The van der Waals surface area contributed by atoms with Gasteiger partial charge in [0.2, 0.25) is 6.04 Å². The standard InChI is InChI=1S/C9H18N2O2/c1-7(2)5-8-3-4-10-6-9(8)11(12)13/h7-10H,3-6H2,1-2H3/t8-,9+/m0/s1. The first kappa shape index (κ1) is 10.4. The number of hydrogen-bond acceptors (Lipinski definition) is 3. The average molecular weight is 186 g/mol. The van der Waals surface area contributed by atoms with E-state index in [9.17, 15) is 10.1 Å². The molecule has 0 unspecified atom stereocenters. The Morgan fingerprint density at radius 2 is 2.31 bits per heavy atom. The number of nitrogens with one attached hydrogen (secondary N) is 1. The second-order valence-electron chi connectivity index (χ2n) is 4.24. The molecular weight excluding hydrogens is 168 g/mol. The third-order valence-electron chi connectivity index (χ3n) is 2.63. The molecule has 76 valence electrons. The van der Waals surface area contributed by atoms with Gasteiger partial charge in [-0.25, -0.2) is 0 Å². The highest BCUT2D eigenvalue weighted by Gasteiger charge is 2.33. The SMILES string of the molecule is CC(C)C[C@@H]1CCNC[C@H]1[N+](=O)[O-]. The van der Waals surface area contributed by atoms with Gasteiger partial charge in [-0.15, -0.1) is 0 Å². The molecule has 0 spiro atoms. The molecule has 0 radical (unpaired) electrons. The van der Waals surface area contributed by atoms with Gasteiger partial charge in [0.25, 0.3) is 0 Å². The molecule has 4 nitrogen and oxygen atoms in total. The summed E-state index contributed by atoms with van der Waals surface area (Å²) in [5.41, 5.74) is 0. The van der Waals surface area contributed by atoms with Crippen molar-refractivity contribution in [2.75, 3.05) is 13.1 Å². The normalized spacial score (nSPS) is 29.2. The van der Waals surface area contributed by atoms with Crippen LogP contribution in [0.15, 0.2) is 0 Å². The minimum absolute atomic E-state index is 0.126. The molecular formula is C9H18N2O2. The highest BCUT2D eigenvalue weighted by molar-refractivity contribution is 4.78. The van der Waals surface area contributed by atoms with E-state index in [2.05, 4.69) is 19.2 Å². The summed E-state index contributed by atoms with van der Waals surface area (Å²) in [6.45, 7) is 5.73. The van der Waals surface area contributed by atoms with Gasteiger partial charge < -0.3 is 5.32 Å². The van der Waals surface area contributed by atoms with Crippen molar-refractivity contribution in [3.8, 4) is 0 Å². The Labute approximate surface area is 78.9 Å². The molecule has 0 bridgehead atoms. The van der Waals surface area contributed by atoms with Crippen molar-refractivity contribution in [1.82, 2.24) is 5.32 Å². The third-order valence-corrected chi connectivity index (χ3v) is 2.63. The van der Waals surface area contributed by atoms with Gasteiger partial charge in [-0.1, -0.05) is 13.8 Å². The zero-order chi connectivity index (χ0) is 9.84. The van der Waals surface area contributed by atoms with E-state index < -0.39 is 0 Å². The minimum Gasteiger partial charge on any atom is -0.310 e. The molecule has 1 aliphatic rings. The molecule has 1 rings (SSSR count). The fourth-order valence-corrected chi connectivity index (χ4v) is 2.02. The van der Waals surface area contributed by atoms with Crippen LogP contribution in [0.1, 0.15) is 26.7 Å². The van der Waals surface area contributed by atoms with Gasteiger partial charge in [0.1, 0.15) is 0 Å². The van der Waals surface area contributed by atoms with Gasteiger partial charge in [-0.3, -0.25) is 10.1 Å². The summed E-state index contributed by atoms with van der Waals surface area (Å²) in [6, 6.07) is -0.365. The van der Waals surface area contributed by atoms with Crippen LogP contribution in [0.4, 0.5) is 0 Å². The lowest BCUT2D eigenvalue weighted by Crippen LogP contribution is -2.45. The van der Waals surface area contributed by atoms with Crippen molar-refractivity contribution < 1.29 is 4.92 Å². The van der Waals surface area contributed by atoms with Gasteiger partial charge in [0, 0.05) is 10.8 Å². The first-order valence-corrected chi connectivity index (χ1v) is 4.95. The molecule has 0 saturated carbocycles. The average Bonchev–Trinajstić information content (AvgIpc) is 2.03. The van der Waals surface area contributed by atoms with Crippen molar-refractivity contribution >= 4 is 0 Å². The molecule has 1 fully saturated rings. The Morgan fingerprint density at radius 1 is 1.62 bits per heavy atom. The quantitative estimate of drug-likeness (QED) is 0.533. The lowest BCUT2D eigenvalue weighted by atomic mass is 9.86. The van der Waals surface area contributed by atoms with E-state index in [-0.39, 0.29) is 16.9 Å². The van der Waals surface area contributed by atoms with E-state index in [1.807, 2.05) is 0 Å². The highest BCUT2D eigenvalue weighted by Crippen LogP contribution is 2.22. The Hall–Kier alpha value is -0.640. The van der Waals surface area contributed by atoms with Crippen LogP contribution in [-0.4, -0.2) is 24.1 Å². The Bertz CT molecular complexity index is 182. The van der Waals surface area contributed by atoms with Crippen LogP contribution in [0.5, 0.6) is 0 Å². The van der Waals surface area contributed by atoms with Crippen molar-refractivity contribution in [1.29, 1.82) is 0 Å². The van der Waals surface area contributed by atoms with Crippen LogP contribution in [0, 0.1) is 22.0 Å². The molecule has 1 aliphatic heterocycles. The summed E-state index contributed by atoms with van der Waals surface area (Å²) in [5.74, 6) is 0.835. The maximum atomic E-state index is 10.7. The smallest absolute Gasteiger partial charge is 0.228 e. The summed E-state index contributed by atoms with van der Waals surface area (Å²) >= 11 is 0. The molecule has 1 N–H and O–H groups in total. The van der Waals surface area contributed by atoms with E-state index >= 15 is 0 Å². The van der Waals surface area contributed by atoms with Crippen molar-refractivity contribution in [2.45, 2.75) is 32.7 Å². The van der Waals surface area contributed by atoms with Gasteiger partial charge in [-0.2, -0.15) is 0 Å². The maximum absolute atomic E-state index is 10.7.